The zero-order chi connectivity index (χ0) is 10.9. The van der Waals surface area contributed by atoms with Crippen LogP contribution in [0.1, 0.15) is 16.0 Å². The molecule has 14 heavy (non-hydrogen) atoms. The van der Waals surface area contributed by atoms with Gasteiger partial charge >= 0.3 is 6.18 Å². The molecule has 0 aliphatic carbocycles. The fourth-order valence-corrected chi connectivity index (χ4v) is 1.66. The molecule has 0 aliphatic rings. The van der Waals surface area contributed by atoms with Gasteiger partial charge in [-0.2, -0.15) is 13.2 Å². The Morgan fingerprint density at radius 3 is 2.29 bits per heavy atom. The van der Waals surface area contributed by atoms with Crippen LogP contribution in [0.5, 0.6) is 0 Å². The molecule has 1 aromatic carbocycles. The third-order valence-electron chi connectivity index (χ3n) is 1.64. The van der Waals surface area contributed by atoms with Crippen molar-refractivity contribution in [3.8, 4) is 0 Å². The molecule has 0 fully saturated rings. The van der Waals surface area contributed by atoms with Crippen LogP contribution in [0.15, 0.2) is 18.2 Å². The van der Waals surface area contributed by atoms with Crippen molar-refractivity contribution in [3.05, 3.63) is 34.3 Å². The van der Waals surface area contributed by atoms with Crippen molar-refractivity contribution in [1.82, 2.24) is 0 Å². The summed E-state index contributed by atoms with van der Waals surface area (Å²) in [5, 5.41) is 0.314. The standard InChI is InChI=1S/C9H7BrClF3/c1-5-2-6(4-7(11)3-5)8(10)9(12,13)14/h2-4,8H,1H3. The van der Waals surface area contributed by atoms with Crippen molar-refractivity contribution in [2.45, 2.75) is 17.9 Å². The first kappa shape index (κ1) is 11.9. The Morgan fingerprint density at radius 1 is 1.29 bits per heavy atom. The van der Waals surface area contributed by atoms with Crippen molar-refractivity contribution >= 4 is 27.5 Å². The van der Waals surface area contributed by atoms with E-state index >= 15 is 0 Å². The summed E-state index contributed by atoms with van der Waals surface area (Å²) in [4.78, 5) is -1.66. The lowest BCUT2D eigenvalue weighted by atomic mass is 10.1. The number of benzene rings is 1. The smallest absolute Gasteiger partial charge is 0.169 e. The summed E-state index contributed by atoms with van der Waals surface area (Å²) in [7, 11) is 0. The van der Waals surface area contributed by atoms with E-state index in [2.05, 4.69) is 15.9 Å². The first-order valence-corrected chi connectivity index (χ1v) is 5.08. The Morgan fingerprint density at radius 2 is 1.86 bits per heavy atom. The lowest BCUT2D eigenvalue weighted by Gasteiger charge is -2.14. The van der Waals surface area contributed by atoms with Crippen molar-refractivity contribution in [2.24, 2.45) is 0 Å². The molecule has 0 nitrogen and oxygen atoms in total. The quantitative estimate of drug-likeness (QED) is 0.660. The van der Waals surface area contributed by atoms with E-state index in [1.165, 1.54) is 12.1 Å². The van der Waals surface area contributed by atoms with E-state index in [9.17, 15) is 13.2 Å². The third-order valence-corrected chi connectivity index (χ3v) is 2.91. The number of alkyl halides is 4. The summed E-state index contributed by atoms with van der Waals surface area (Å²) in [5.41, 5.74) is 0.837. The Balaban J connectivity index is 3.07. The van der Waals surface area contributed by atoms with Gasteiger partial charge in [-0.1, -0.05) is 33.6 Å². The SMILES string of the molecule is Cc1cc(Cl)cc(C(Br)C(F)(F)F)c1. The molecule has 1 atom stereocenters. The Bertz CT molecular complexity index is 315. The van der Waals surface area contributed by atoms with Crippen LogP contribution < -0.4 is 0 Å². The van der Waals surface area contributed by atoms with Crippen LogP contribution >= 0.6 is 27.5 Å². The third kappa shape index (κ3) is 2.89. The predicted molar refractivity (Wildman–Crippen MR) is 53.9 cm³/mol. The molecule has 0 heterocycles. The molecular weight excluding hydrogens is 280 g/mol. The molecule has 0 amide bonds. The Kier molecular flexibility index (Phi) is 3.48. The molecule has 0 bridgehead atoms. The average Bonchev–Trinajstić information content (AvgIpc) is 1.99. The first-order chi connectivity index (χ1) is 6.30. The molecule has 1 rings (SSSR count). The number of hydrogen-bond donors (Lipinski definition) is 0. The van der Waals surface area contributed by atoms with Crippen molar-refractivity contribution in [3.63, 3.8) is 0 Å². The van der Waals surface area contributed by atoms with Gasteiger partial charge in [0.25, 0.3) is 0 Å². The van der Waals surface area contributed by atoms with E-state index in [1.807, 2.05) is 0 Å². The van der Waals surface area contributed by atoms with Gasteiger partial charge in [-0.15, -0.1) is 0 Å². The monoisotopic (exact) mass is 286 g/mol. The Labute approximate surface area is 93.2 Å². The summed E-state index contributed by atoms with van der Waals surface area (Å²) in [6.07, 6.45) is -4.29. The van der Waals surface area contributed by atoms with E-state index in [4.69, 9.17) is 11.6 Å². The van der Waals surface area contributed by atoms with E-state index in [0.717, 1.165) is 0 Å². The van der Waals surface area contributed by atoms with Gasteiger partial charge in [0.2, 0.25) is 0 Å². The van der Waals surface area contributed by atoms with E-state index in [0.29, 0.717) is 10.6 Å². The summed E-state index contributed by atoms with van der Waals surface area (Å²) in [6.45, 7) is 1.70. The van der Waals surface area contributed by atoms with Gasteiger partial charge in [-0.3, -0.25) is 0 Å². The molecule has 0 aliphatic heterocycles. The van der Waals surface area contributed by atoms with Crippen LogP contribution in [0.2, 0.25) is 5.02 Å². The number of hydrogen-bond acceptors (Lipinski definition) is 0. The molecule has 1 unspecified atom stereocenters. The highest BCUT2D eigenvalue weighted by Gasteiger charge is 2.38. The predicted octanol–water partition coefficient (Wildman–Crippen LogP) is 4.65. The molecule has 78 valence electrons. The highest BCUT2D eigenvalue weighted by molar-refractivity contribution is 9.09. The fourth-order valence-electron chi connectivity index (χ4n) is 1.10. The lowest BCUT2D eigenvalue weighted by molar-refractivity contribution is -0.128. The molecular formula is C9H7BrClF3. The molecule has 5 heteroatoms. The molecule has 1 aromatic rings. The second-order valence-electron chi connectivity index (χ2n) is 2.97. The van der Waals surface area contributed by atoms with Gasteiger partial charge in [-0.05, 0) is 30.2 Å². The van der Waals surface area contributed by atoms with Crippen molar-refractivity contribution < 1.29 is 13.2 Å². The topological polar surface area (TPSA) is 0 Å². The zero-order valence-electron chi connectivity index (χ0n) is 7.20. The summed E-state index contributed by atoms with van der Waals surface area (Å²) in [5.74, 6) is 0. The maximum Gasteiger partial charge on any atom is 0.405 e. The van der Waals surface area contributed by atoms with Crippen molar-refractivity contribution in [2.75, 3.05) is 0 Å². The molecule has 0 spiro atoms. The van der Waals surface area contributed by atoms with Gasteiger partial charge in [0.05, 0.1) is 0 Å². The van der Waals surface area contributed by atoms with Crippen LogP contribution in [0, 0.1) is 6.92 Å². The van der Waals surface area contributed by atoms with Crippen LogP contribution in [0.25, 0.3) is 0 Å². The normalized spacial score (nSPS) is 14.1. The number of aryl methyl sites for hydroxylation is 1. The molecule has 0 N–H and O–H groups in total. The van der Waals surface area contributed by atoms with Crippen LogP contribution in [-0.2, 0) is 0 Å². The summed E-state index contributed by atoms with van der Waals surface area (Å²) < 4.78 is 36.9. The minimum atomic E-state index is -4.29. The number of rotatable bonds is 1. The number of halogens is 5. The van der Waals surface area contributed by atoms with Gasteiger partial charge < -0.3 is 0 Å². The minimum absolute atomic E-state index is 0.127. The lowest BCUT2D eigenvalue weighted by Crippen LogP contribution is -2.15. The average molecular weight is 288 g/mol. The highest BCUT2D eigenvalue weighted by atomic mass is 79.9. The van der Waals surface area contributed by atoms with E-state index < -0.39 is 11.0 Å². The summed E-state index contributed by atoms with van der Waals surface area (Å²) in [6, 6.07) is 4.38. The van der Waals surface area contributed by atoms with Gasteiger partial charge in [0.1, 0.15) is 4.83 Å². The summed E-state index contributed by atoms with van der Waals surface area (Å²) >= 11 is 8.25. The zero-order valence-corrected chi connectivity index (χ0v) is 9.54. The molecule has 0 saturated carbocycles. The second kappa shape index (κ2) is 4.11. The van der Waals surface area contributed by atoms with Crippen LogP contribution in [0.4, 0.5) is 13.2 Å². The first-order valence-electron chi connectivity index (χ1n) is 3.78. The maximum absolute atomic E-state index is 12.3. The molecule has 0 aromatic heterocycles. The van der Waals surface area contributed by atoms with Gasteiger partial charge in [0, 0.05) is 5.02 Å². The second-order valence-corrected chi connectivity index (χ2v) is 4.32. The molecule has 0 radical (unpaired) electrons. The Hall–Kier alpha value is -0.220. The molecule has 0 saturated heterocycles. The van der Waals surface area contributed by atoms with E-state index in [1.54, 1.807) is 13.0 Å². The maximum atomic E-state index is 12.3. The van der Waals surface area contributed by atoms with E-state index in [-0.39, 0.29) is 5.56 Å². The van der Waals surface area contributed by atoms with Crippen LogP contribution in [0.3, 0.4) is 0 Å². The minimum Gasteiger partial charge on any atom is -0.169 e. The van der Waals surface area contributed by atoms with Crippen LogP contribution in [-0.4, -0.2) is 6.18 Å². The fraction of sp³-hybridized carbons (Fsp3) is 0.333. The largest absolute Gasteiger partial charge is 0.405 e. The van der Waals surface area contributed by atoms with Crippen molar-refractivity contribution in [1.29, 1.82) is 0 Å². The van der Waals surface area contributed by atoms with Gasteiger partial charge in [-0.25, -0.2) is 0 Å². The van der Waals surface area contributed by atoms with Gasteiger partial charge in [0.15, 0.2) is 0 Å². The highest BCUT2D eigenvalue weighted by Crippen LogP contribution is 2.40.